The number of aromatic amines is 1. The molecule has 2 fully saturated rings. The third-order valence-electron chi connectivity index (χ3n) is 8.57. The van der Waals surface area contributed by atoms with Crippen molar-refractivity contribution >= 4 is 16.6 Å². The van der Waals surface area contributed by atoms with Gasteiger partial charge in [-0.1, -0.05) is 31.4 Å². The van der Waals surface area contributed by atoms with Crippen LogP contribution in [0, 0.1) is 13.8 Å². The quantitative estimate of drug-likeness (QED) is 0.393. The maximum Gasteiger partial charge on any atom is 0.253 e. The number of aromatic nitrogens is 5. The van der Waals surface area contributed by atoms with E-state index in [1.165, 1.54) is 24.9 Å². The first kappa shape index (κ1) is 25.6. The van der Waals surface area contributed by atoms with Crippen LogP contribution in [0.1, 0.15) is 66.7 Å². The van der Waals surface area contributed by atoms with E-state index in [0.717, 1.165) is 72.6 Å². The molecule has 39 heavy (non-hydrogen) atoms. The fourth-order valence-electron chi connectivity index (χ4n) is 6.29. The molecular weight excluding hydrogens is 490 g/mol. The third-order valence-corrected chi connectivity index (χ3v) is 8.57. The highest BCUT2D eigenvalue weighted by Gasteiger charge is 2.34. The van der Waals surface area contributed by atoms with Gasteiger partial charge in [0.05, 0.1) is 18.7 Å². The molecule has 204 valence electrons. The van der Waals surface area contributed by atoms with Crippen LogP contribution in [0.2, 0.25) is 0 Å². The largest absolute Gasteiger partial charge is 0.497 e. The van der Waals surface area contributed by atoms with Crippen molar-refractivity contribution in [2.75, 3.05) is 38.2 Å². The zero-order valence-electron chi connectivity index (χ0n) is 23.1. The molecule has 0 amide bonds. The molecule has 4 aromatic rings. The van der Waals surface area contributed by atoms with Crippen LogP contribution < -0.4 is 15.2 Å². The number of pyridine rings is 1. The number of methoxy groups -OCH3 is 1. The van der Waals surface area contributed by atoms with Gasteiger partial charge in [-0.3, -0.25) is 9.69 Å². The van der Waals surface area contributed by atoms with E-state index < -0.39 is 0 Å². The predicted molar refractivity (Wildman–Crippen MR) is 153 cm³/mol. The number of tetrazole rings is 1. The summed E-state index contributed by atoms with van der Waals surface area (Å²) in [6.45, 7) is 7.40. The number of aryl methyl sites for hydroxylation is 2. The van der Waals surface area contributed by atoms with E-state index in [2.05, 4.69) is 67.6 Å². The number of piperazine rings is 1. The van der Waals surface area contributed by atoms with Crippen LogP contribution in [0.15, 0.2) is 47.3 Å². The minimum Gasteiger partial charge on any atom is -0.497 e. The molecule has 2 aromatic carbocycles. The molecule has 9 nitrogen and oxygen atoms in total. The molecule has 3 heterocycles. The molecule has 1 atom stereocenters. The normalized spacial score (nSPS) is 18.0. The molecule has 9 heteroatoms. The summed E-state index contributed by atoms with van der Waals surface area (Å²) in [5.41, 5.74) is 4.92. The zero-order valence-corrected chi connectivity index (χ0v) is 23.1. The second-order valence-electron chi connectivity index (χ2n) is 10.9. The van der Waals surface area contributed by atoms with Crippen molar-refractivity contribution in [3.63, 3.8) is 0 Å². The summed E-state index contributed by atoms with van der Waals surface area (Å²) in [4.78, 5) is 21.7. The molecule has 0 radical (unpaired) electrons. The van der Waals surface area contributed by atoms with Gasteiger partial charge in [0, 0.05) is 42.8 Å². The highest BCUT2D eigenvalue weighted by molar-refractivity contribution is 5.85. The van der Waals surface area contributed by atoms with Gasteiger partial charge in [0.15, 0.2) is 5.82 Å². The van der Waals surface area contributed by atoms with Gasteiger partial charge in [0.1, 0.15) is 11.8 Å². The fraction of sp³-hybridized carbons (Fsp3) is 0.467. The first-order valence-electron chi connectivity index (χ1n) is 14.1. The van der Waals surface area contributed by atoms with E-state index >= 15 is 0 Å². The monoisotopic (exact) mass is 527 g/mol. The topological polar surface area (TPSA) is 92.2 Å². The predicted octanol–water partition coefficient (Wildman–Crippen LogP) is 4.56. The number of ether oxygens (including phenoxy) is 1. The van der Waals surface area contributed by atoms with Crippen molar-refractivity contribution < 1.29 is 4.74 Å². The van der Waals surface area contributed by atoms with Gasteiger partial charge in [0.2, 0.25) is 0 Å². The Kier molecular flexibility index (Phi) is 7.08. The molecule has 1 N–H and O–H groups in total. The minimum atomic E-state index is -0.326. The van der Waals surface area contributed by atoms with Crippen LogP contribution >= 0.6 is 0 Å². The number of nitrogens with zero attached hydrogens (tertiary/aromatic N) is 6. The molecular formula is C30H37N7O2. The SMILES string of the molecule is COc1ccc(N2CCN([C@H](c3cc4c(C)ccc(C)c4[nH]c3=O)c3nnnn3C3CCCCC3)CC2)cc1. The van der Waals surface area contributed by atoms with E-state index in [0.29, 0.717) is 5.56 Å². The molecule has 1 saturated heterocycles. The Morgan fingerprint density at radius 1 is 0.949 bits per heavy atom. The lowest BCUT2D eigenvalue weighted by atomic mass is 9.94. The fourth-order valence-corrected chi connectivity index (χ4v) is 6.29. The van der Waals surface area contributed by atoms with Gasteiger partial charge in [-0.05, 0) is 78.6 Å². The number of H-pyrrole nitrogens is 1. The third kappa shape index (κ3) is 4.91. The Morgan fingerprint density at radius 2 is 1.67 bits per heavy atom. The number of nitrogens with one attached hydrogen (secondary N) is 1. The maximum absolute atomic E-state index is 13.7. The van der Waals surface area contributed by atoms with Crippen molar-refractivity contribution in [3.8, 4) is 5.75 Å². The van der Waals surface area contributed by atoms with Gasteiger partial charge in [-0.2, -0.15) is 0 Å². The number of hydrogen-bond acceptors (Lipinski definition) is 7. The Morgan fingerprint density at radius 3 is 2.38 bits per heavy atom. The number of fused-ring (bicyclic) bond motifs is 1. The number of benzene rings is 2. The standard InChI is InChI=1S/C30H37N7O2/c1-20-9-10-21(2)27-25(20)19-26(30(38)31-27)28(29-32-33-34-37(29)23-7-5-4-6-8-23)36-17-15-35(16-18-36)22-11-13-24(39-3)14-12-22/h9-14,19,23,28H,4-8,15-18H2,1-3H3,(H,31,38)/t28-/m1/s1. The lowest BCUT2D eigenvalue weighted by Gasteiger charge is -2.40. The molecule has 1 saturated carbocycles. The van der Waals surface area contributed by atoms with Crippen molar-refractivity contribution in [1.29, 1.82) is 0 Å². The molecule has 6 rings (SSSR count). The zero-order chi connectivity index (χ0) is 26.9. The van der Waals surface area contributed by atoms with Crippen molar-refractivity contribution in [2.45, 2.75) is 58.0 Å². The molecule has 1 aliphatic heterocycles. The van der Waals surface area contributed by atoms with E-state index in [1.807, 2.05) is 23.7 Å². The summed E-state index contributed by atoms with van der Waals surface area (Å²) >= 11 is 0. The Hall–Kier alpha value is -3.72. The molecule has 2 aromatic heterocycles. The van der Waals surface area contributed by atoms with Crippen molar-refractivity contribution in [3.05, 3.63) is 75.3 Å². The smallest absolute Gasteiger partial charge is 0.253 e. The maximum atomic E-state index is 13.7. The second-order valence-corrected chi connectivity index (χ2v) is 10.9. The highest BCUT2D eigenvalue weighted by Crippen LogP contribution is 2.34. The number of hydrogen-bond donors (Lipinski definition) is 1. The van der Waals surface area contributed by atoms with Crippen LogP contribution in [0.4, 0.5) is 5.69 Å². The summed E-state index contributed by atoms with van der Waals surface area (Å²) in [6.07, 6.45) is 5.77. The summed E-state index contributed by atoms with van der Waals surface area (Å²) in [7, 11) is 1.69. The van der Waals surface area contributed by atoms with E-state index in [1.54, 1.807) is 7.11 Å². The van der Waals surface area contributed by atoms with Gasteiger partial charge in [-0.25, -0.2) is 4.68 Å². The Balaban J connectivity index is 1.38. The molecule has 0 spiro atoms. The minimum absolute atomic E-state index is 0.0722. The summed E-state index contributed by atoms with van der Waals surface area (Å²) in [6, 6.07) is 14.4. The van der Waals surface area contributed by atoms with E-state index in [4.69, 9.17) is 4.74 Å². The summed E-state index contributed by atoms with van der Waals surface area (Å²) < 4.78 is 7.35. The first-order chi connectivity index (χ1) is 19.0. The number of rotatable bonds is 6. The number of anilines is 1. The Labute approximate surface area is 228 Å². The highest BCUT2D eigenvalue weighted by atomic mass is 16.5. The van der Waals surface area contributed by atoms with Crippen LogP contribution in [-0.2, 0) is 0 Å². The average molecular weight is 528 g/mol. The van der Waals surface area contributed by atoms with E-state index in [-0.39, 0.29) is 17.6 Å². The van der Waals surface area contributed by atoms with Crippen molar-refractivity contribution in [2.24, 2.45) is 0 Å². The second kappa shape index (κ2) is 10.8. The lowest BCUT2D eigenvalue weighted by Crippen LogP contribution is -2.49. The van der Waals surface area contributed by atoms with Crippen LogP contribution in [0.5, 0.6) is 5.75 Å². The molecule has 1 aliphatic carbocycles. The molecule has 0 bridgehead atoms. The first-order valence-corrected chi connectivity index (χ1v) is 14.1. The van der Waals surface area contributed by atoms with Crippen LogP contribution in [-0.4, -0.2) is 63.4 Å². The van der Waals surface area contributed by atoms with Gasteiger partial charge < -0.3 is 14.6 Å². The lowest BCUT2D eigenvalue weighted by molar-refractivity contribution is 0.192. The van der Waals surface area contributed by atoms with E-state index in [9.17, 15) is 4.79 Å². The Bertz CT molecular complexity index is 1500. The van der Waals surface area contributed by atoms with Gasteiger partial charge >= 0.3 is 0 Å². The van der Waals surface area contributed by atoms with Crippen LogP contribution in [0.25, 0.3) is 10.9 Å². The summed E-state index contributed by atoms with van der Waals surface area (Å²) in [5, 5.41) is 14.3. The average Bonchev–Trinajstić information content (AvgIpc) is 3.46. The van der Waals surface area contributed by atoms with Gasteiger partial charge in [-0.15, -0.1) is 5.10 Å². The summed E-state index contributed by atoms with van der Waals surface area (Å²) in [5.74, 6) is 1.63. The van der Waals surface area contributed by atoms with Crippen LogP contribution in [0.3, 0.4) is 0 Å². The van der Waals surface area contributed by atoms with Gasteiger partial charge in [0.25, 0.3) is 5.56 Å². The van der Waals surface area contributed by atoms with Crippen molar-refractivity contribution in [1.82, 2.24) is 30.1 Å². The molecule has 0 unspecified atom stereocenters. The molecule has 2 aliphatic rings.